The predicted octanol–water partition coefficient (Wildman–Crippen LogP) is 1.63. The van der Waals surface area contributed by atoms with Crippen LogP contribution in [0.25, 0.3) is 0 Å². The number of nitrogens with one attached hydrogen (secondary N) is 1. The van der Waals surface area contributed by atoms with Crippen LogP contribution in [0.3, 0.4) is 0 Å². The quantitative estimate of drug-likeness (QED) is 0.749. The first-order valence-electron chi connectivity index (χ1n) is 7.03. The molecular weight excluding hydrogens is 226 g/mol. The van der Waals surface area contributed by atoms with Crippen molar-refractivity contribution in [1.29, 1.82) is 5.26 Å². The van der Waals surface area contributed by atoms with Gasteiger partial charge in [-0.1, -0.05) is 0 Å². The van der Waals surface area contributed by atoms with Crippen molar-refractivity contribution in [3.05, 3.63) is 0 Å². The molecule has 4 nitrogen and oxygen atoms in total. The minimum atomic E-state index is -0.0258. The largest absolute Gasteiger partial charge is 0.381 e. The van der Waals surface area contributed by atoms with Gasteiger partial charge in [0.1, 0.15) is 0 Å². The topological polar surface area (TPSA) is 48.3 Å². The Morgan fingerprint density at radius 3 is 2.61 bits per heavy atom. The summed E-state index contributed by atoms with van der Waals surface area (Å²) in [4.78, 5) is 2.35. The van der Waals surface area contributed by atoms with Gasteiger partial charge in [0.05, 0.1) is 12.1 Å². The first kappa shape index (κ1) is 15.4. The first-order valence-corrected chi connectivity index (χ1v) is 7.03. The second-order valence-corrected chi connectivity index (χ2v) is 5.61. The van der Waals surface area contributed by atoms with Crippen molar-refractivity contribution < 1.29 is 4.74 Å². The predicted molar refractivity (Wildman–Crippen MR) is 73.3 cm³/mol. The number of rotatable bonds is 7. The van der Waals surface area contributed by atoms with Crippen molar-refractivity contribution in [2.24, 2.45) is 5.92 Å². The lowest BCUT2D eigenvalue weighted by Crippen LogP contribution is -2.37. The molecule has 1 atom stereocenters. The van der Waals surface area contributed by atoms with E-state index in [0.29, 0.717) is 6.04 Å². The number of hydrogen-bond acceptors (Lipinski definition) is 4. The minimum absolute atomic E-state index is 0.0258. The van der Waals surface area contributed by atoms with Crippen LogP contribution in [0, 0.1) is 17.2 Å². The summed E-state index contributed by atoms with van der Waals surface area (Å²) in [5.74, 6) is 0.766. The summed E-state index contributed by atoms with van der Waals surface area (Å²) in [6, 6.07) is 2.68. The van der Waals surface area contributed by atoms with Gasteiger partial charge in [0.25, 0.3) is 0 Å². The molecule has 0 spiro atoms. The van der Waals surface area contributed by atoms with E-state index in [9.17, 15) is 0 Å². The highest BCUT2D eigenvalue weighted by molar-refractivity contribution is 4.91. The van der Waals surface area contributed by atoms with Crippen LogP contribution < -0.4 is 5.32 Å². The maximum Gasteiger partial charge on any atom is 0.0967 e. The summed E-state index contributed by atoms with van der Waals surface area (Å²) in [6.45, 7) is 8.09. The molecule has 0 bridgehead atoms. The van der Waals surface area contributed by atoms with Gasteiger partial charge >= 0.3 is 0 Å². The van der Waals surface area contributed by atoms with Crippen molar-refractivity contribution in [2.75, 3.05) is 33.4 Å². The van der Waals surface area contributed by atoms with E-state index in [1.165, 1.54) is 12.8 Å². The summed E-state index contributed by atoms with van der Waals surface area (Å²) < 4.78 is 5.37. The Balaban J connectivity index is 2.18. The van der Waals surface area contributed by atoms with Crippen LogP contribution in [0.1, 0.15) is 33.1 Å². The third-order valence-corrected chi connectivity index (χ3v) is 3.40. The number of nitrogens with zero attached hydrogens (tertiary/aromatic N) is 2. The molecule has 0 aliphatic carbocycles. The SMILES string of the molecule is CC(C)NC(C#N)CCN(C)CC1CCOCC1. The molecule has 18 heavy (non-hydrogen) atoms. The third kappa shape index (κ3) is 6.34. The van der Waals surface area contributed by atoms with Gasteiger partial charge in [-0.05, 0) is 46.1 Å². The Morgan fingerprint density at radius 1 is 1.39 bits per heavy atom. The highest BCUT2D eigenvalue weighted by atomic mass is 16.5. The summed E-state index contributed by atoms with van der Waals surface area (Å²) in [5, 5.41) is 12.3. The highest BCUT2D eigenvalue weighted by Crippen LogP contribution is 2.15. The van der Waals surface area contributed by atoms with Crippen LogP contribution in [0.2, 0.25) is 0 Å². The number of hydrogen-bond donors (Lipinski definition) is 1. The van der Waals surface area contributed by atoms with Gasteiger partial charge in [-0.3, -0.25) is 5.32 Å². The van der Waals surface area contributed by atoms with E-state index in [1.54, 1.807) is 0 Å². The van der Waals surface area contributed by atoms with Gasteiger partial charge in [0.2, 0.25) is 0 Å². The summed E-state index contributed by atoms with van der Waals surface area (Å²) in [6.07, 6.45) is 3.25. The zero-order valence-corrected chi connectivity index (χ0v) is 12.0. The Morgan fingerprint density at radius 2 is 2.06 bits per heavy atom. The van der Waals surface area contributed by atoms with Crippen molar-refractivity contribution in [3.63, 3.8) is 0 Å². The average Bonchev–Trinajstić information content (AvgIpc) is 2.35. The fraction of sp³-hybridized carbons (Fsp3) is 0.929. The van der Waals surface area contributed by atoms with Gasteiger partial charge in [0, 0.05) is 32.3 Å². The monoisotopic (exact) mass is 253 g/mol. The van der Waals surface area contributed by atoms with Crippen LogP contribution >= 0.6 is 0 Å². The molecule has 1 aliphatic rings. The summed E-state index contributed by atoms with van der Waals surface area (Å²) in [5.41, 5.74) is 0. The second-order valence-electron chi connectivity index (χ2n) is 5.61. The molecule has 0 amide bonds. The van der Waals surface area contributed by atoms with E-state index in [-0.39, 0.29) is 6.04 Å². The molecule has 0 aromatic heterocycles. The Hall–Kier alpha value is -0.630. The Bertz CT molecular complexity index is 256. The lowest BCUT2D eigenvalue weighted by molar-refractivity contribution is 0.0555. The molecule has 1 rings (SSSR count). The zero-order chi connectivity index (χ0) is 13.4. The van der Waals surface area contributed by atoms with E-state index < -0.39 is 0 Å². The summed E-state index contributed by atoms with van der Waals surface area (Å²) in [7, 11) is 2.15. The van der Waals surface area contributed by atoms with Crippen LogP contribution in [-0.4, -0.2) is 50.3 Å². The molecule has 1 aliphatic heterocycles. The molecule has 1 unspecified atom stereocenters. The minimum Gasteiger partial charge on any atom is -0.381 e. The Kier molecular flexibility index (Phi) is 7.26. The zero-order valence-electron chi connectivity index (χ0n) is 12.0. The smallest absolute Gasteiger partial charge is 0.0967 e. The van der Waals surface area contributed by atoms with E-state index in [4.69, 9.17) is 10.00 Å². The van der Waals surface area contributed by atoms with Crippen molar-refractivity contribution >= 4 is 0 Å². The van der Waals surface area contributed by atoms with Crippen LogP contribution in [0.5, 0.6) is 0 Å². The van der Waals surface area contributed by atoms with Crippen LogP contribution in [0.4, 0.5) is 0 Å². The van der Waals surface area contributed by atoms with Crippen LogP contribution in [0.15, 0.2) is 0 Å². The summed E-state index contributed by atoms with van der Waals surface area (Å²) >= 11 is 0. The molecule has 1 heterocycles. The molecule has 0 aromatic carbocycles. The van der Waals surface area contributed by atoms with Crippen LogP contribution in [-0.2, 0) is 4.74 Å². The fourth-order valence-electron chi connectivity index (χ4n) is 2.40. The van der Waals surface area contributed by atoms with Gasteiger partial charge in [0.15, 0.2) is 0 Å². The van der Waals surface area contributed by atoms with Gasteiger partial charge in [-0.25, -0.2) is 0 Å². The molecule has 0 aromatic rings. The average molecular weight is 253 g/mol. The van der Waals surface area contributed by atoms with Crippen molar-refractivity contribution in [3.8, 4) is 6.07 Å². The molecule has 0 radical (unpaired) electrons. The first-order chi connectivity index (χ1) is 8.61. The van der Waals surface area contributed by atoms with E-state index >= 15 is 0 Å². The molecule has 4 heteroatoms. The Labute approximate surface area is 111 Å². The standard InChI is InChI=1S/C14H27N3O/c1-12(2)16-14(10-15)4-7-17(3)11-13-5-8-18-9-6-13/h12-14,16H,4-9,11H2,1-3H3. The molecule has 1 N–H and O–H groups in total. The number of nitriles is 1. The lowest BCUT2D eigenvalue weighted by atomic mass is 10.00. The van der Waals surface area contributed by atoms with Crippen molar-refractivity contribution in [1.82, 2.24) is 10.2 Å². The van der Waals surface area contributed by atoms with Crippen molar-refractivity contribution in [2.45, 2.75) is 45.2 Å². The normalized spacial score (nSPS) is 19.1. The second kappa shape index (κ2) is 8.47. The van der Waals surface area contributed by atoms with E-state index in [1.807, 2.05) is 0 Å². The van der Waals surface area contributed by atoms with E-state index in [0.717, 1.165) is 38.6 Å². The third-order valence-electron chi connectivity index (χ3n) is 3.40. The molecular formula is C14H27N3O. The van der Waals surface area contributed by atoms with Gasteiger partial charge in [-0.15, -0.1) is 0 Å². The molecule has 0 saturated carbocycles. The maximum absolute atomic E-state index is 9.06. The fourth-order valence-corrected chi connectivity index (χ4v) is 2.40. The van der Waals surface area contributed by atoms with Gasteiger partial charge < -0.3 is 9.64 Å². The lowest BCUT2D eigenvalue weighted by Gasteiger charge is -2.27. The highest BCUT2D eigenvalue weighted by Gasteiger charge is 2.16. The van der Waals surface area contributed by atoms with Gasteiger partial charge in [-0.2, -0.15) is 5.26 Å². The number of ether oxygens (including phenoxy) is 1. The molecule has 104 valence electrons. The molecule has 1 saturated heterocycles. The maximum atomic E-state index is 9.06. The molecule has 1 fully saturated rings. The van der Waals surface area contributed by atoms with E-state index in [2.05, 4.69) is 37.2 Å².